The zero-order chi connectivity index (χ0) is 19.0. The molecule has 0 unspecified atom stereocenters. The third kappa shape index (κ3) is 3.65. The largest absolute Gasteiger partial charge is 0.367 e. The van der Waals surface area contributed by atoms with Gasteiger partial charge in [-0.25, -0.2) is 4.98 Å². The number of ether oxygens (including phenoxy) is 1. The summed E-state index contributed by atoms with van der Waals surface area (Å²) in [5, 5.41) is 4.65. The molecule has 1 aliphatic heterocycles. The van der Waals surface area contributed by atoms with Crippen LogP contribution in [0.1, 0.15) is 31.3 Å². The van der Waals surface area contributed by atoms with Crippen LogP contribution >= 0.6 is 0 Å². The first-order valence-corrected chi connectivity index (χ1v) is 9.35. The smallest absolute Gasteiger partial charge is 0.262 e. The first-order valence-electron chi connectivity index (χ1n) is 9.35. The fraction of sp³-hybridized carbons (Fsp3) is 0.450. The molecule has 0 spiro atoms. The molecule has 27 heavy (non-hydrogen) atoms. The second-order valence-electron chi connectivity index (χ2n) is 7.53. The van der Waals surface area contributed by atoms with Crippen molar-refractivity contribution in [1.29, 1.82) is 0 Å². The molecular weight excluding hydrogens is 342 g/mol. The molecular formula is C20H25N5O2. The van der Waals surface area contributed by atoms with E-state index in [1.165, 1.54) is 5.56 Å². The van der Waals surface area contributed by atoms with Crippen LogP contribution in [0.3, 0.4) is 0 Å². The maximum absolute atomic E-state index is 12.3. The first-order chi connectivity index (χ1) is 13.0. The number of aromatic nitrogens is 4. The monoisotopic (exact) mass is 367 g/mol. The Hall–Kier alpha value is -2.51. The molecule has 1 saturated heterocycles. The van der Waals surface area contributed by atoms with E-state index in [4.69, 9.17) is 4.74 Å². The van der Waals surface area contributed by atoms with Gasteiger partial charge in [-0.2, -0.15) is 5.10 Å². The second-order valence-corrected chi connectivity index (χ2v) is 7.53. The van der Waals surface area contributed by atoms with E-state index in [1.54, 1.807) is 17.9 Å². The lowest BCUT2D eigenvalue weighted by Gasteiger charge is -2.39. The van der Waals surface area contributed by atoms with Crippen LogP contribution in [0, 0.1) is 5.92 Å². The van der Waals surface area contributed by atoms with Crippen LogP contribution in [-0.4, -0.2) is 43.8 Å². The second kappa shape index (κ2) is 7.25. The van der Waals surface area contributed by atoms with Gasteiger partial charge < -0.3 is 9.72 Å². The average Bonchev–Trinajstić information content (AvgIpc) is 3.04. The molecule has 1 fully saturated rings. The summed E-state index contributed by atoms with van der Waals surface area (Å²) in [4.78, 5) is 22.2. The van der Waals surface area contributed by atoms with Crippen molar-refractivity contribution in [2.75, 3.05) is 13.1 Å². The zero-order valence-electron chi connectivity index (χ0n) is 15.9. The molecule has 2 atom stereocenters. The molecule has 1 aliphatic rings. The zero-order valence-corrected chi connectivity index (χ0v) is 15.9. The molecule has 3 heterocycles. The van der Waals surface area contributed by atoms with Crippen LogP contribution in [0.5, 0.6) is 0 Å². The van der Waals surface area contributed by atoms with Crippen molar-refractivity contribution in [3.63, 3.8) is 0 Å². The summed E-state index contributed by atoms with van der Waals surface area (Å²) in [7, 11) is 1.80. The Morgan fingerprint density at radius 2 is 2.04 bits per heavy atom. The molecule has 0 radical (unpaired) electrons. The van der Waals surface area contributed by atoms with Gasteiger partial charge >= 0.3 is 0 Å². The standard InChI is InChI=1S/C20H25N5O2/c1-13(2)16-10-25(11-17(27-16)14-7-5-4-6-8-14)12-18-22-19-15(20(26)23-18)9-21-24(19)3/h4-9,13,16-17H,10-12H2,1-3H3,(H,22,23,26)/t16-,17+/m1/s1. The summed E-state index contributed by atoms with van der Waals surface area (Å²) in [6.07, 6.45) is 1.70. The maximum Gasteiger partial charge on any atom is 0.262 e. The van der Waals surface area contributed by atoms with Crippen molar-refractivity contribution < 1.29 is 4.74 Å². The summed E-state index contributed by atoms with van der Waals surface area (Å²) < 4.78 is 7.99. The number of H-pyrrole nitrogens is 1. The molecule has 0 aliphatic carbocycles. The third-order valence-electron chi connectivity index (χ3n) is 5.14. The molecule has 0 amide bonds. The molecule has 1 aromatic carbocycles. The Morgan fingerprint density at radius 3 is 2.78 bits per heavy atom. The Morgan fingerprint density at radius 1 is 1.26 bits per heavy atom. The molecule has 142 valence electrons. The van der Waals surface area contributed by atoms with Gasteiger partial charge in [0.2, 0.25) is 0 Å². The van der Waals surface area contributed by atoms with Crippen molar-refractivity contribution in [3.8, 4) is 0 Å². The quantitative estimate of drug-likeness (QED) is 0.765. The molecule has 0 saturated carbocycles. The van der Waals surface area contributed by atoms with Gasteiger partial charge in [0.05, 0.1) is 24.9 Å². The van der Waals surface area contributed by atoms with Gasteiger partial charge in [-0.15, -0.1) is 0 Å². The van der Waals surface area contributed by atoms with Crippen LogP contribution in [0.4, 0.5) is 0 Å². The van der Waals surface area contributed by atoms with Gasteiger partial charge in [-0.05, 0) is 11.5 Å². The van der Waals surface area contributed by atoms with Crippen LogP contribution in [0.2, 0.25) is 0 Å². The van der Waals surface area contributed by atoms with Gasteiger partial charge in [-0.3, -0.25) is 14.4 Å². The highest BCUT2D eigenvalue weighted by molar-refractivity contribution is 5.72. The number of morpholine rings is 1. The van der Waals surface area contributed by atoms with Crippen molar-refractivity contribution in [1.82, 2.24) is 24.6 Å². The number of aromatic amines is 1. The number of nitrogens with one attached hydrogen (secondary N) is 1. The maximum atomic E-state index is 12.3. The van der Waals surface area contributed by atoms with Gasteiger partial charge in [0.15, 0.2) is 5.65 Å². The predicted octanol–water partition coefficient (Wildman–Crippen LogP) is 2.25. The fourth-order valence-electron chi connectivity index (χ4n) is 3.57. The van der Waals surface area contributed by atoms with Crippen molar-refractivity contribution in [2.24, 2.45) is 13.0 Å². The number of hydrogen-bond acceptors (Lipinski definition) is 5. The van der Waals surface area contributed by atoms with E-state index in [9.17, 15) is 4.79 Å². The molecule has 7 heteroatoms. The minimum atomic E-state index is -0.142. The average molecular weight is 367 g/mol. The van der Waals surface area contributed by atoms with E-state index in [1.807, 2.05) is 18.2 Å². The predicted molar refractivity (Wildman–Crippen MR) is 103 cm³/mol. The van der Waals surface area contributed by atoms with E-state index >= 15 is 0 Å². The van der Waals surface area contributed by atoms with Gasteiger partial charge in [0.1, 0.15) is 11.2 Å². The van der Waals surface area contributed by atoms with E-state index in [2.05, 4.69) is 45.9 Å². The normalized spacial score (nSPS) is 21.2. The summed E-state index contributed by atoms with van der Waals surface area (Å²) in [5.41, 5.74) is 1.65. The van der Waals surface area contributed by atoms with Crippen molar-refractivity contribution in [2.45, 2.75) is 32.6 Å². The Bertz CT molecular complexity index is 979. The molecule has 7 nitrogen and oxygen atoms in total. The summed E-state index contributed by atoms with van der Waals surface area (Å²) >= 11 is 0. The van der Waals surface area contributed by atoms with Crippen LogP contribution in [-0.2, 0) is 18.3 Å². The van der Waals surface area contributed by atoms with Crippen molar-refractivity contribution >= 4 is 11.0 Å². The van der Waals surface area contributed by atoms with Gasteiger partial charge in [0, 0.05) is 20.1 Å². The highest BCUT2D eigenvalue weighted by Crippen LogP contribution is 2.28. The lowest BCUT2D eigenvalue weighted by atomic mass is 10.0. The highest BCUT2D eigenvalue weighted by atomic mass is 16.5. The highest BCUT2D eigenvalue weighted by Gasteiger charge is 2.31. The van der Waals surface area contributed by atoms with Gasteiger partial charge in [0.25, 0.3) is 5.56 Å². The topological polar surface area (TPSA) is 76.0 Å². The van der Waals surface area contributed by atoms with Crippen LogP contribution < -0.4 is 5.56 Å². The number of fused-ring (bicyclic) bond motifs is 1. The number of aryl methyl sites for hydroxylation is 1. The van der Waals surface area contributed by atoms with Crippen LogP contribution in [0.15, 0.2) is 41.3 Å². The van der Waals surface area contributed by atoms with Gasteiger partial charge in [-0.1, -0.05) is 44.2 Å². The molecule has 1 N–H and O–H groups in total. The molecule has 3 aromatic rings. The number of hydrogen-bond donors (Lipinski definition) is 1. The molecule has 2 aromatic heterocycles. The Labute approximate surface area is 158 Å². The first kappa shape index (κ1) is 17.9. The molecule has 0 bridgehead atoms. The van der Waals surface area contributed by atoms with E-state index in [0.29, 0.717) is 29.3 Å². The lowest BCUT2D eigenvalue weighted by Crippen LogP contribution is -2.46. The Kier molecular flexibility index (Phi) is 4.80. The summed E-state index contributed by atoms with van der Waals surface area (Å²) in [6, 6.07) is 10.3. The summed E-state index contributed by atoms with van der Waals surface area (Å²) in [5.74, 6) is 1.07. The third-order valence-corrected chi connectivity index (χ3v) is 5.14. The minimum Gasteiger partial charge on any atom is -0.367 e. The van der Waals surface area contributed by atoms with E-state index in [-0.39, 0.29) is 17.8 Å². The number of nitrogens with zero attached hydrogens (tertiary/aromatic N) is 4. The van der Waals surface area contributed by atoms with Crippen LogP contribution in [0.25, 0.3) is 11.0 Å². The SMILES string of the molecule is CC(C)[C@H]1CN(Cc2nc3c(cnn3C)c(=O)[nH]2)C[C@@H](c2ccccc2)O1. The number of rotatable bonds is 4. The van der Waals surface area contributed by atoms with E-state index in [0.717, 1.165) is 13.1 Å². The minimum absolute atomic E-state index is 0.0134. The fourth-order valence-corrected chi connectivity index (χ4v) is 3.57. The molecule has 4 rings (SSSR count). The number of benzene rings is 1. The van der Waals surface area contributed by atoms with E-state index < -0.39 is 0 Å². The summed E-state index contributed by atoms with van der Waals surface area (Å²) in [6.45, 7) is 6.51. The lowest BCUT2D eigenvalue weighted by molar-refractivity contribution is -0.108. The van der Waals surface area contributed by atoms with Crippen molar-refractivity contribution in [3.05, 3.63) is 58.3 Å². The Balaban J connectivity index is 1.60.